The van der Waals surface area contributed by atoms with Gasteiger partial charge in [0, 0.05) is 10.7 Å². The van der Waals surface area contributed by atoms with Gasteiger partial charge in [-0.2, -0.15) is 0 Å². The van der Waals surface area contributed by atoms with E-state index in [4.69, 9.17) is 11.6 Å². The maximum atomic E-state index is 12.5. The van der Waals surface area contributed by atoms with Crippen molar-refractivity contribution in [1.29, 1.82) is 0 Å². The highest BCUT2D eigenvalue weighted by Crippen LogP contribution is 2.19. The van der Waals surface area contributed by atoms with Crippen molar-refractivity contribution in [2.24, 2.45) is 0 Å². The molecule has 5 nitrogen and oxygen atoms in total. The molecule has 0 atom stereocenters. The smallest absolute Gasteiger partial charge is 0.278 e. The largest absolute Gasteiger partial charge is 0.320 e. The van der Waals surface area contributed by atoms with Gasteiger partial charge in [0.1, 0.15) is 0 Å². The number of hydrogen-bond acceptors (Lipinski definition) is 3. The lowest BCUT2D eigenvalue weighted by atomic mass is 10.1. The summed E-state index contributed by atoms with van der Waals surface area (Å²) in [6.07, 6.45) is 0.875. The summed E-state index contributed by atoms with van der Waals surface area (Å²) in [5.41, 5.74) is 3.69. The zero-order chi connectivity index (χ0) is 17.1. The van der Waals surface area contributed by atoms with E-state index in [1.807, 2.05) is 31.2 Å². The molecule has 24 heavy (non-hydrogen) atoms. The quantitative estimate of drug-likeness (QED) is 0.779. The van der Waals surface area contributed by atoms with Gasteiger partial charge in [-0.3, -0.25) is 4.79 Å². The van der Waals surface area contributed by atoms with Crippen LogP contribution in [0.2, 0.25) is 5.02 Å². The molecular weight excluding hydrogens is 324 g/mol. The number of para-hydroxylation sites is 1. The van der Waals surface area contributed by atoms with E-state index in [1.165, 1.54) is 0 Å². The van der Waals surface area contributed by atoms with E-state index >= 15 is 0 Å². The highest BCUT2D eigenvalue weighted by atomic mass is 35.5. The van der Waals surface area contributed by atoms with Crippen LogP contribution >= 0.6 is 11.6 Å². The van der Waals surface area contributed by atoms with Gasteiger partial charge in [-0.25, -0.2) is 4.68 Å². The molecule has 0 aliphatic heterocycles. The molecule has 0 unspecified atom stereocenters. The number of nitrogens with zero attached hydrogens (tertiary/aromatic N) is 3. The third kappa shape index (κ3) is 3.16. The molecule has 3 aromatic rings. The molecule has 0 fully saturated rings. The van der Waals surface area contributed by atoms with Crippen LogP contribution < -0.4 is 5.32 Å². The summed E-state index contributed by atoms with van der Waals surface area (Å²) in [6.45, 7) is 3.91. The van der Waals surface area contributed by atoms with Gasteiger partial charge >= 0.3 is 0 Å². The third-order valence-electron chi connectivity index (χ3n) is 3.79. The molecule has 0 saturated heterocycles. The van der Waals surface area contributed by atoms with Gasteiger partial charge in [0.25, 0.3) is 5.91 Å². The average molecular weight is 341 g/mol. The second-order valence-corrected chi connectivity index (χ2v) is 5.82. The molecule has 1 heterocycles. The SMILES string of the molecule is CCc1ccccc1-n1nnc(C(=O)Nc2cccc(Cl)c2)c1C. The van der Waals surface area contributed by atoms with Crippen molar-refractivity contribution in [3.63, 3.8) is 0 Å². The lowest BCUT2D eigenvalue weighted by molar-refractivity contribution is 0.102. The van der Waals surface area contributed by atoms with E-state index in [9.17, 15) is 4.79 Å². The first-order valence-corrected chi connectivity index (χ1v) is 8.05. The van der Waals surface area contributed by atoms with Crippen molar-refractivity contribution in [3.8, 4) is 5.69 Å². The molecule has 0 saturated carbocycles. The Bertz CT molecular complexity index is 888. The number of aryl methyl sites for hydroxylation is 1. The first kappa shape index (κ1) is 16.2. The maximum absolute atomic E-state index is 12.5. The molecule has 1 amide bonds. The van der Waals surface area contributed by atoms with E-state index in [2.05, 4.69) is 22.6 Å². The predicted octanol–water partition coefficient (Wildman–Crippen LogP) is 4.04. The number of anilines is 1. The van der Waals surface area contributed by atoms with Gasteiger partial charge in [-0.1, -0.05) is 48.0 Å². The molecule has 6 heteroatoms. The Morgan fingerprint density at radius 2 is 2.00 bits per heavy atom. The van der Waals surface area contributed by atoms with Crippen molar-refractivity contribution < 1.29 is 4.79 Å². The molecule has 2 aromatic carbocycles. The van der Waals surface area contributed by atoms with Gasteiger partial charge in [-0.05, 0) is 43.2 Å². The Balaban J connectivity index is 1.91. The number of aromatic nitrogens is 3. The number of carbonyl (C=O) groups is 1. The lowest BCUT2D eigenvalue weighted by Crippen LogP contribution is -2.14. The Morgan fingerprint density at radius 1 is 1.21 bits per heavy atom. The topological polar surface area (TPSA) is 59.8 Å². The highest BCUT2D eigenvalue weighted by molar-refractivity contribution is 6.30. The molecule has 0 radical (unpaired) electrons. The summed E-state index contributed by atoms with van der Waals surface area (Å²) < 4.78 is 1.70. The summed E-state index contributed by atoms with van der Waals surface area (Å²) in [5, 5.41) is 11.6. The summed E-state index contributed by atoms with van der Waals surface area (Å²) in [7, 11) is 0. The van der Waals surface area contributed by atoms with Crippen molar-refractivity contribution in [3.05, 3.63) is 70.5 Å². The minimum atomic E-state index is -0.310. The number of benzene rings is 2. The normalized spacial score (nSPS) is 10.6. The van der Waals surface area contributed by atoms with Crippen LogP contribution in [0.3, 0.4) is 0 Å². The molecule has 3 rings (SSSR count). The molecule has 0 aliphatic rings. The van der Waals surface area contributed by atoms with Crippen LogP contribution in [0.1, 0.15) is 28.7 Å². The monoisotopic (exact) mass is 340 g/mol. The molecule has 0 spiro atoms. The molecule has 0 aliphatic carbocycles. The summed E-state index contributed by atoms with van der Waals surface area (Å²) >= 11 is 5.94. The van der Waals surface area contributed by atoms with Gasteiger partial charge in [0.15, 0.2) is 5.69 Å². The van der Waals surface area contributed by atoms with E-state index in [-0.39, 0.29) is 5.91 Å². The number of nitrogens with one attached hydrogen (secondary N) is 1. The second-order valence-electron chi connectivity index (χ2n) is 5.38. The second kappa shape index (κ2) is 6.84. The number of hydrogen-bond donors (Lipinski definition) is 1. The fourth-order valence-corrected chi connectivity index (χ4v) is 2.73. The van der Waals surface area contributed by atoms with E-state index < -0.39 is 0 Å². The van der Waals surface area contributed by atoms with Crippen LogP contribution in [0, 0.1) is 6.92 Å². The Morgan fingerprint density at radius 3 is 2.75 bits per heavy atom. The molecular formula is C18H17ClN4O. The molecule has 122 valence electrons. The number of halogens is 1. The average Bonchev–Trinajstić information content (AvgIpc) is 2.96. The van der Waals surface area contributed by atoms with Gasteiger partial charge in [0.05, 0.1) is 11.4 Å². The van der Waals surface area contributed by atoms with Crippen LogP contribution in [0.25, 0.3) is 5.69 Å². The number of rotatable bonds is 4. The maximum Gasteiger partial charge on any atom is 0.278 e. The lowest BCUT2D eigenvalue weighted by Gasteiger charge is -2.09. The van der Waals surface area contributed by atoms with E-state index in [0.29, 0.717) is 22.1 Å². The predicted molar refractivity (Wildman–Crippen MR) is 94.9 cm³/mol. The highest BCUT2D eigenvalue weighted by Gasteiger charge is 2.18. The van der Waals surface area contributed by atoms with Crippen molar-refractivity contribution >= 4 is 23.2 Å². The fourth-order valence-electron chi connectivity index (χ4n) is 2.54. The number of carbonyl (C=O) groups excluding carboxylic acids is 1. The van der Waals surface area contributed by atoms with Crippen LogP contribution in [-0.4, -0.2) is 20.9 Å². The number of amides is 1. The summed E-state index contributed by atoms with van der Waals surface area (Å²) in [4.78, 5) is 12.5. The van der Waals surface area contributed by atoms with Crippen LogP contribution in [0.15, 0.2) is 48.5 Å². The van der Waals surface area contributed by atoms with Gasteiger partial charge < -0.3 is 5.32 Å². The zero-order valence-electron chi connectivity index (χ0n) is 13.5. The minimum absolute atomic E-state index is 0.292. The summed E-state index contributed by atoms with van der Waals surface area (Å²) in [5.74, 6) is -0.310. The van der Waals surface area contributed by atoms with Crippen molar-refractivity contribution in [2.45, 2.75) is 20.3 Å². The minimum Gasteiger partial charge on any atom is -0.320 e. The fraction of sp³-hybridized carbons (Fsp3) is 0.167. The summed E-state index contributed by atoms with van der Waals surface area (Å²) in [6, 6.07) is 14.9. The van der Waals surface area contributed by atoms with Crippen LogP contribution in [-0.2, 0) is 6.42 Å². The third-order valence-corrected chi connectivity index (χ3v) is 4.03. The van der Waals surface area contributed by atoms with Crippen molar-refractivity contribution in [2.75, 3.05) is 5.32 Å². The van der Waals surface area contributed by atoms with Gasteiger partial charge in [-0.15, -0.1) is 5.10 Å². The van der Waals surface area contributed by atoms with Crippen LogP contribution in [0.5, 0.6) is 0 Å². The van der Waals surface area contributed by atoms with Gasteiger partial charge in [0.2, 0.25) is 0 Å². The Labute approximate surface area is 145 Å². The molecule has 1 aromatic heterocycles. The first-order valence-electron chi connectivity index (χ1n) is 7.67. The van der Waals surface area contributed by atoms with Crippen molar-refractivity contribution in [1.82, 2.24) is 15.0 Å². The Kier molecular flexibility index (Phi) is 4.62. The first-order chi connectivity index (χ1) is 11.6. The molecule has 1 N–H and O–H groups in total. The van der Waals surface area contributed by atoms with E-state index in [0.717, 1.165) is 17.7 Å². The zero-order valence-corrected chi connectivity index (χ0v) is 14.2. The van der Waals surface area contributed by atoms with E-state index in [1.54, 1.807) is 28.9 Å². The standard InChI is InChI=1S/C18H17ClN4O/c1-3-13-7-4-5-10-16(13)23-12(2)17(21-22-23)18(24)20-15-9-6-8-14(19)11-15/h4-11H,3H2,1-2H3,(H,20,24). The van der Waals surface area contributed by atoms with Crippen LogP contribution in [0.4, 0.5) is 5.69 Å². The Hall–Kier alpha value is -2.66. The molecule has 0 bridgehead atoms.